The van der Waals surface area contributed by atoms with Crippen LogP contribution < -0.4 is 11.1 Å². The van der Waals surface area contributed by atoms with Gasteiger partial charge in [-0.05, 0) is 17.7 Å². The van der Waals surface area contributed by atoms with Crippen LogP contribution in [0.2, 0.25) is 0 Å². The molecule has 0 amide bonds. The van der Waals surface area contributed by atoms with Gasteiger partial charge in [-0.3, -0.25) is 0 Å². The Kier molecular flexibility index (Phi) is 4.02. The second-order valence-corrected chi connectivity index (χ2v) is 2.65. The van der Waals surface area contributed by atoms with Crippen molar-refractivity contribution in [3.05, 3.63) is 35.9 Å². The van der Waals surface area contributed by atoms with E-state index in [-0.39, 0.29) is 5.75 Å². The predicted molar refractivity (Wildman–Crippen MR) is 54.2 cm³/mol. The van der Waals surface area contributed by atoms with E-state index in [0.717, 1.165) is 12.1 Å². The summed E-state index contributed by atoms with van der Waals surface area (Å²) in [6.45, 7) is 1.25. The van der Waals surface area contributed by atoms with E-state index in [0.29, 0.717) is 6.67 Å². The Balaban J connectivity index is 2.44. The average Bonchev–Trinajstić information content (AvgIpc) is 2.15. The molecule has 3 heteroatoms. The molecule has 70 valence electrons. The van der Waals surface area contributed by atoms with Crippen molar-refractivity contribution in [3.8, 4) is 5.75 Å². The molecule has 3 nitrogen and oxygen atoms in total. The van der Waals surface area contributed by atoms with Gasteiger partial charge in [-0.1, -0.05) is 24.3 Å². The molecule has 0 saturated carbocycles. The van der Waals surface area contributed by atoms with Gasteiger partial charge in [0, 0.05) is 13.2 Å². The zero-order valence-electron chi connectivity index (χ0n) is 7.40. The van der Waals surface area contributed by atoms with Crippen LogP contribution in [0.15, 0.2) is 30.3 Å². The second-order valence-electron chi connectivity index (χ2n) is 2.65. The Labute approximate surface area is 77.9 Å². The van der Waals surface area contributed by atoms with Gasteiger partial charge in [0.15, 0.2) is 0 Å². The average molecular weight is 178 g/mol. The normalized spacial score (nSPS) is 10.8. The van der Waals surface area contributed by atoms with Crippen molar-refractivity contribution in [1.82, 2.24) is 5.32 Å². The largest absolute Gasteiger partial charge is 0.508 e. The smallest absolute Gasteiger partial charge is 0.115 e. The summed E-state index contributed by atoms with van der Waals surface area (Å²) < 4.78 is 0. The van der Waals surface area contributed by atoms with Gasteiger partial charge in [0.1, 0.15) is 5.75 Å². The molecular formula is C10H14N2O. The van der Waals surface area contributed by atoms with Crippen LogP contribution in [0.3, 0.4) is 0 Å². The number of aromatic hydroxyl groups is 1. The maximum absolute atomic E-state index is 9.01. The molecule has 0 radical (unpaired) electrons. The van der Waals surface area contributed by atoms with Gasteiger partial charge < -0.3 is 16.2 Å². The first kappa shape index (κ1) is 9.77. The Morgan fingerprint density at radius 3 is 2.62 bits per heavy atom. The summed E-state index contributed by atoms with van der Waals surface area (Å²) in [4.78, 5) is 0. The zero-order chi connectivity index (χ0) is 9.52. The minimum absolute atomic E-state index is 0.289. The fourth-order valence-corrected chi connectivity index (χ4v) is 0.947. The van der Waals surface area contributed by atoms with Crippen LogP contribution in [-0.2, 0) is 0 Å². The Bertz CT molecular complexity index is 267. The van der Waals surface area contributed by atoms with Crippen LogP contribution in [0.25, 0.3) is 6.08 Å². The summed E-state index contributed by atoms with van der Waals surface area (Å²) in [5.41, 5.74) is 6.32. The molecule has 0 bridgehead atoms. The fourth-order valence-electron chi connectivity index (χ4n) is 0.947. The quantitative estimate of drug-likeness (QED) is 0.474. The van der Waals surface area contributed by atoms with Crippen molar-refractivity contribution < 1.29 is 5.11 Å². The van der Waals surface area contributed by atoms with E-state index >= 15 is 0 Å². The topological polar surface area (TPSA) is 58.3 Å². The van der Waals surface area contributed by atoms with Gasteiger partial charge in [0.25, 0.3) is 0 Å². The fraction of sp³-hybridized carbons (Fsp3) is 0.200. The third-order valence-corrected chi connectivity index (χ3v) is 1.61. The molecule has 1 rings (SSSR count). The monoisotopic (exact) mass is 178 g/mol. The molecule has 4 N–H and O–H groups in total. The number of rotatable bonds is 4. The number of nitrogens with two attached hydrogens (primary N) is 1. The number of phenols is 1. The van der Waals surface area contributed by atoms with Crippen LogP contribution in [-0.4, -0.2) is 18.3 Å². The number of phenolic OH excluding ortho intramolecular Hbond substituents is 1. The SMILES string of the molecule is NCNC/C=C/c1ccc(O)cc1. The summed E-state index contributed by atoms with van der Waals surface area (Å²) in [6, 6.07) is 7.04. The van der Waals surface area contributed by atoms with E-state index < -0.39 is 0 Å². The molecule has 0 aliphatic heterocycles. The molecule has 0 atom stereocenters. The lowest BCUT2D eigenvalue weighted by Gasteiger charge is -1.95. The van der Waals surface area contributed by atoms with E-state index in [1.54, 1.807) is 12.1 Å². The number of nitrogens with one attached hydrogen (secondary N) is 1. The lowest BCUT2D eigenvalue weighted by atomic mass is 10.2. The maximum Gasteiger partial charge on any atom is 0.115 e. The Morgan fingerprint density at radius 2 is 2.00 bits per heavy atom. The molecule has 13 heavy (non-hydrogen) atoms. The Hall–Kier alpha value is -1.32. The minimum atomic E-state index is 0.289. The molecule has 0 aromatic heterocycles. The van der Waals surface area contributed by atoms with Crippen LogP contribution in [0, 0.1) is 0 Å². The van der Waals surface area contributed by atoms with Crippen LogP contribution in [0.5, 0.6) is 5.75 Å². The van der Waals surface area contributed by atoms with Crippen molar-refractivity contribution >= 4 is 6.08 Å². The molecule has 0 unspecified atom stereocenters. The van der Waals surface area contributed by atoms with Gasteiger partial charge in [-0.25, -0.2) is 0 Å². The first-order valence-corrected chi connectivity index (χ1v) is 4.19. The molecule has 0 heterocycles. The van der Waals surface area contributed by atoms with Gasteiger partial charge >= 0.3 is 0 Å². The summed E-state index contributed by atoms with van der Waals surface area (Å²) in [6.07, 6.45) is 3.96. The van der Waals surface area contributed by atoms with E-state index in [2.05, 4.69) is 5.32 Å². The molecule has 1 aromatic rings. The van der Waals surface area contributed by atoms with Crippen molar-refractivity contribution in [2.75, 3.05) is 13.2 Å². The lowest BCUT2D eigenvalue weighted by Crippen LogP contribution is -2.21. The van der Waals surface area contributed by atoms with Crippen molar-refractivity contribution in [2.24, 2.45) is 5.73 Å². The third kappa shape index (κ3) is 3.73. The van der Waals surface area contributed by atoms with Crippen molar-refractivity contribution in [1.29, 1.82) is 0 Å². The first-order valence-electron chi connectivity index (χ1n) is 4.19. The van der Waals surface area contributed by atoms with Crippen LogP contribution in [0.4, 0.5) is 0 Å². The molecule has 0 aliphatic carbocycles. The Morgan fingerprint density at radius 1 is 1.31 bits per heavy atom. The maximum atomic E-state index is 9.01. The molecular weight excluding hydrogens is 164 g/mol. The van der Waals surface area contributed by atoms with E-state index in [9.17, 15) is 0 Å². The summed E-state index contributed by atoms with van der Waals surface area (Å²) >= 11 is 0. The number of benzene rings is 1. The lowest BCUT2D eigenvalue weighted by molar-refractivity contribution is 0.475. The second kappa shape index (κ2) is 5.35. The highest BCUT2D eigenvalue weighted by Gasteiger charge is 1.86. The van der Waals surface area contributed by atoms with E-state index in [1.807, 2.05) is 24.3 Å². The highest BCUT2D eigenvalue weighted by molar-refractivity contribution is 5.50. The minimum Gasteiger partial charge on any atom is -0.508 e. The molecule has 0 aliphatic rings. The highest BCUT2D eigenvalue weighted by atomic mass is 16.3. The predicted octanol–water partition coefficient (Wildman–Crippen LogP) is 0.911. The van der Waals surface area contributed by atoms with Gasteiger partial charge in [0.05, 0.1) is 0 Å². The third-order valence-electron chi connectivity index (χ3n) is 1.61. The molecule has 1 aromatic carbocycles. The van der Waals surface area contributed by atoms with Crippen molar-refractivity contribution in [3.63, 3.8) is 0 Å². The van der Waals surface area contributed by atoms with Crippen LogP contribution >= 0.6 is 0 Å². The summed E-state index contributed by atoms with van der Waals surface area (Å²) in [7, 11) is 0. The van der Waals surface area contributed by atoms with Gasteiger partial charge in [-0.2, -0.15) is 0 Å². The highest BCUT2D eigenvalue weighted by Crippen LogP contribution is 2.10. The molecule has 0 saturated heterocycles. The number of hydrogen-bond acceptors (Lipinski definition) is 3. The molecule has 0 spiro atoms. The first-order chi connectivity index (χ1) is 6.33. The summed E-state index contributed by atoms with van der Waals surface area (Å²) in [5, 5.41) is 12.0. The van der Waals surface area contributed by atoms with Crippen LogP contribution in [0.1, 0.15) is 5.56 Å². The summed E-state index contributed by atoms with van der Waals surface area (Å²) in [5.74, 6) is 0.289. The molecule has 0 fully saturated rings. The van der Waals surface area contributed by atoms with Crippen molar-refractivity contribution in [2.45, 2.75) is 0 Å². The zero-order valence-corrected chi connectivity index (χ0v) is 7.40. The van der Waals surface area contributed by atoms with E-state index in [4.69, 9.17) is 10.8 Å². The van der Waals surface area contributed by atoms with Gasteiger partial charge in [0.2, 0.25) is 0 Å². The van der Waals surface area contributed by atoms with E-state index in [1.165, 1.54) is 0 Å². The standard InChI is InChI=1S/C10H14N2O/c11-8-12-7-1-2-9-3-5-10(13)6-4-9/h1-6,12-13H,7-8,11H2/b2-1+. The van der Waals surface area contributed by atoms with Gasteiger partial charge in [-0.15, -0.1) is 0 Å². The number of hydrogen-bond donors (Lipinski definition) is 3.